The summed E-state index contributed by atoms with van der Waals surface area (Å²) < 4.78 is 13.4. The lowest BCUT2D eigenvalue weighted by Crippen LogP contribution is -2.49. The summed E-state index contributed by atoms with van der Waals surface area (Å²) in [7, 11) is 0. The van der Waals surface area contributed by atoms with E-state index in [1.807, 2.05) is 0 Å². The minimum Gasteiger partial charge on any atom is -0.354 e. The lowest BCUT2D eigenvalue weighted by molar-refractivity contribution is -0.126. The van der Waals surface area contributed by atoms with Crippen molar-refractivity contribution in [2.45, 2.75) is 62.8 Å². The molecule has 1 amide bonds. The van der Waals surface area contributed by atoms with Gasteiger partial charge in [0.15, 0.2) is 0 Å². The van der Waals surface area contributed by atoms with Gasteiger partial charge in [-0.25, -0.2) is 4.39 Å². The summed E-state index contributed by atoms with van der Waals surface area (Å²) in [6, 6.07) is 4.17. The summed E-state index contributed by atoms with van der Waals surface area (Å²) in [4.78, 5) is 24.0. The second-order valence-corrected chi connectivity index (χ2v) is 8.51. The molecule has 4 nitrogen and oxygen atoms in total. The summed E-state index contributed by atoms with van der Waals surface area (Å²) >= 11 is 6.28. The Morgan fingerprint density at radius 3 is 2.56 bits per heavy atom. The average molecular weight is 395 g/mol. The van der Waals surface area contributed by atoms with Crippen LogP contribution in [-0.2, 0) is 15.0 Å². The Morgan fingerprint density at radius 1 is 1.30 bits per heavy atom. The highest BCUT2D eigenvalue weighted by atomic mass is 35.5. The predicted octanol–water partition coefficient (Wildman–Crippen LogP) is 3.74. The molecule has 1 atom stereocenters. The van der Waals surface area contributed by atoms with Crippen molar-refractivity contribution in [3.63, 3.8) is 0 Å². The number of amides is 1. The molecule has 6 heteroatoms. The standard InChI is InChI=1S/C21H28ClFN2O2/c22-18-11-16(23)7-8-17(18)21(9-1-2-10-21)20(27)25-12-19(24)15-5-3-14(13-26)4-6-15/h7-8,11,13-15,19H,1-6,9-10,12,24H2,(H,25,27). The lowest BCUT2D eigenvalue weighted by atomic mass is 9.77. The van der Waals surface area contributed by atoms with E-state index in [9.17, 15) is 14.0 Å². The maximum atomic E-state index is 13.4. The highest BCUT2D eigenvalue weighted by Crippen LogP contribution is 2.44. The number of hydrogen-bond acceptors (Lipinski definition) is 3. The second-order valence-electron chi connectivity index (χ2n) is 8.10. The summed E-state index contributed by atoms with van der Waals surface area (Å²) in [5.41, 5.74) is 6.35. The van der Waals surface area contributed by atoms with E-state index in [4.69, 9.17) is 17.3 Å². The van der Waals surface area contributed by atoms with Crippen LogP contribution < -0.4 is 11.1 Å². The maximum absolute atomic E-state index is 13.4. The van der Waals surface area contributed by atoms with Gasteiger partial charge in [-0.15, -0.1) is 0 Å². The molecule has 2 fully saturated rings. The van der Waals surface area contributed by atoms with Crippen molar-refractivity contribution in [2.75, 3.05) is 6.54 Å². The molecule has 1 unspecified atom stereocenters. The first-order chi connectivity index (χ1) is 13.0. The Morgan fingerprint density at radius 2 is 1.96 bits per heavy atom. The van der Waals surface area contributed by atoms with Crippen LogP contribution in [0.1, 0.15) is 56.9 Å². The Hall–Kier alpha value is -1.46. The number of benzene rings is 1. The van der Waals surface area contributed by atoms with Crippen molar-refractivity contribution in [3.05, 3.63) is 34.6 Å². The van der Waals surface area contributed by atoms with Gasteiger partial charge in [-0.05, 0) is 62.1 Å². The third-order valence-corrected chi connectivity index (χ3v) is 6.76. The Labute approximate surface area is 165 Å². The molecule has 2 aliphatic carbocycles. The highest BCUT2D eigenvalue weighted by molar-refractivity contribution is 6.31. The van der Waals surface area contributed by atoms with Crippen LogP contribution in [-0.4, -0.2) is 24.8 Å². The van der Waals surface area contributed by atoms with Crippen molar-refractivity contribution < 1.29 is 14.0 Å². The van der Waals surface area contributed by atoms with Gasteiger partial charge in [0.2, 0.25) is 5.91 Å². The van der Waals surface area contributed by atoms with Gasteiger partial charge in [0.25, 0.3) is 0 Å². The number of carbonyl (C=O) groups excluding carboxylic acids is 2. The molecule has 3 rings (SSSR count). The van der Waals surface area contributed by atoms with Gasteiger partial charge in [-0.1, -0.05) is 30.5 Å². The fraction of sp³-hybridized carbons (Fsp3) is 0.619. The van der Waals surface area contributed by atoms with Crippen LogP contribution in [0, 0.1) is 17.7 Å². The molecule has 0 heterocycles. The van der Waals surface area contributed by atoms with Crippen molar-refractivity contribution in [2.24, 2.45) is 17.6 Å². The van der Waals surface area contributed by atoms with Crippen molar-refractivity contribution in [3.8, 4) is 0 Å². The van der Waals surface area contributed by atoms with E-state index < -0.39 is 11.2 Å². The van der Waals surface area contributed by atoms with Crippen LogP contribution in [0.5, 0.6) is 0 Å². The molecule has 2 aliphatic rings. The van der Waals surface area contributed by atoms with Crippen LogP contribution in [0.25, 0.3) is 0 Å². The monoisotopic (exact) mass is 394 g/mol. The normalized spacial score (nSPS) is 25.7. The summed E-state index contributed by atoms with van der Waals surface area (Å²) in [5.74, 6) is 0.0247. The van der Waals surface area contributed by atoms with E-state index >= 15 is 0 Å². The average Bonchev–Trinajstić information content (AvgIpc) is 3.16. The zero-order valence-electron chi connectivity index (χ0n) is 15.6. The number of carbonyl (C=O) groups is 2. The fourth-order valence-corrected chi connectivity index (χ4v) is 5.08. The van der Waals surface area contributed by atoms with Crippen LogP contribution in [0.2, 0.25) is 5.02 Å². The molecule has 0 aliphatic heterocycles. The van der Waals surface area contributed by atoms with Crippen LogP contribution in [0.3, 0.4) is 0 Å². The quantitative estimate of drug-likeness (QED) is 0.722. The predicted molar refractivity (Wildman–Crippen MR) is 104 cm³/mol. The van der Waals surface area contributed by atoms with E-state index in [0.717, 1.165) is 44.8 Å². The Bertz CT molecular complexity index is 683. The number of nitrogens with two attached hydrogens (primary N) is 1. The van der Waals surface area contributed by atoms with Gasteiger partial charge >= 0.3 is 0 Å². The molecule has 27 heavy (non-hydrogen) atoms. The van der Waals surface area contributed by atoms with Crippen LogP contribution in [0.4, 0.5) is 4.39 Å². The first kappa shape index (κ1) is 20.3. The van der Waals surface area contributed by atoms with Gasteiger partial charge < -0.3 is 15.8 Å². The molecule has 0 radical (unpaired) electrons. The number of halogens is 2. The first-order valence-corrected chi connectivity index (χ1v) is 10.3. The topological polar surface area (TPSA) is 72.2 Å². The molecule has 0 bridgehead atoms. The van der Waals surface area contributed by atoms with Crippen molar-refractivity contribution >= 4 is 23.8 Å². The summed E-state index contributed by atoms with van der Waals surface area (Å²) in [6.07, 6.45) is 7.97. The molecule has 3 N–H and O–H groups in total. The minimum absolute atomic E-state index is 0.0643. The molecular weight excluding hydrogens is 367 g/mol. The molecular formula is C21H28ClFN2O2. The van der Waals surface area contributed by atoms with E-state index in [-0.39, 0.29) is 17.9 Å². The number of aldehydes is 1. The fourth-order valence-electron chi connectivity index (χ4n) is 4.73. The summed E-state index contributed by atoms with van der Waals surface area (Å²) in [5, 5.41) is 3.35. The molecule has 1 aromatic rings. The third kappa shape index (κ3) is 4.35. The Balaban J connectivity index is 1.65. The summed E-state index contributed by atoms with van der Waals surface area (Å²) in [6.45, 7) is 0.413. The van der Waals surface area contributed by atoms with Crippen LogP contribution in [0.15, 0.2) is 18.2 Å². The molecule has 0 aromatic heterocycles. The van der Waals surface area contributed by atoms with Crippen LogP contribution >= 0.6 is 11.6 Å². The van der Waals surface area contributed by atoms with Gasteiger partial charge in [-0.2, -0.15) is 0 Å². The zero-order chi connectivity index (χ0) is 19.4. The van der Waals surface area contributed by atoms with E-state index in [2.05, 4.69) is 5.32 Å². The SMILES string of the molecule is NC(CNC(=O)C1(c2ccc(F)cc2Cl)CCCC1)C1CCC(C=O)CC1. The van der Waals surface area contributed by atoms with Crippen molar-refractivity contribution in [1.29, 1.82) is 0 Å². The first-order valence-electron chi connectivity index (χ1n) is 9.91. The van der Waals surface area contributed by atoms with Gasteiger partial charge in [0, 0.05) is 23.5 Å². The molecule has 148 valence electrons. The Kier molecular flexibility index (Phi) is 6.53. The van der Waals surface area contributed by atoms with E-state index in [1.165, 1.54) is 12.1 Å². The minimum atomic E-state index is -0.695. The van der Waals surface area contributed by atoms with Gasteiger partial charge in [0.1, 0.15) is 12.1 Å². The number of rotatable bonds is 6. The van der Waals surface area contributed by atoms with E-state index in [0.29, 0.717) is 35.9 Å². The number of hydrogen-bond donors (Lipinski definition) is 2. The second kappa shape index (κ2) is 8.70. The van der Waals surface area contributed by atoms with Gasteiger partial charge in [0.05, 0.1) is 5.41 Å². The van der Waals surface area contributed by atoms with Gasteiger partial charge in [-0.3, -0.25) is 4.79 Å². The van der Waals surface area contributed by atoms with E-state index in [1.54, 1.807) is 6.07 Å². The molecule has 0 saturated heterocycles. The number of nitrogens with one attached hydrogen (secondary N) is 1. The third-order valence-electron chi connectivity index (χ3n) is 6.45. The maximum Gasteiger partial charge on any atom is 0.230 e. The smallest absolute Gasteiger partial charge is 0.230 e. The highest BCUT2D eigenvalue weighted by Gasteiger charge is 2.44. The van der Waals surface area contributed by atoms with Crippen molar-refractivity contribution in [1.82, 2.24) is 5.32 Å². The molecule has 0 spiro atoms. The largest absolute Gasteiger partial charge is 0.354 e. The molecule has 1 aromatic carbocycles. The zero-order valence-corrected chi connectivity index (χ0v) is 16.3. The lowest BCUT2D eigenvalue weighted by Gasteiger charge is -2.33. The molecule has 2 saturated carbocycles.